The van der Waals surface area contributed by atoms with Crippen molar-refractivity contribution in [1.82, 2.24) is 19.9 Å². The van der Waals surface area contributed by atoms with E-state index < -0.39 is 17.1 Å². The highest BCUT2D eigenvalue weighted by Gasteiger charge is 2.52. The molecular weight excluding hydrogens is 530 g/mol. The largest absolute Gasteiger partial charge is 0.459 e. The topological polar surface area (TPSA) is 156 Å². The van der Waals surface area contributed by atoms with Crippen LogP contribution >= 0.6 is 0 Å². The number of hydrogen-bond donors (Lipinski definition) is 3. The van der Waals surface area contributed by atoms with E-state index in [1.807, 2.05) is 30.3 Å². The maximum Gasteiger partial charge on any atom is 0.459 e. The fourth-order valence-corrected chi connectivity index (χ4v) is 7.15. The molecule has 1 amide bonds. The van der Waals surface area contributed by atoms with Gasteiger partial charge in [0.05, 0.1) is 11.5 Å². The summed E-state index contributed by atoms with van der Waals surface area (Å²) in [6, 6.07) is 14.2. The van der Waals surface area contributed by atoms with Crippen molar-refractivity contribution in [3.8, 4) is 6.07 Å². The Morgan fingerprint density at radius 2 is 1.81 bits per heavy atom. The van der Waals surface area contributed by atoms with Crippen molar-refractivity contribution in [2.24, 2.45) is 24.4 Å². The molecule has 0 radical (unpaired) electrons. The summed E-state index contributed by atoms with van der Waals surface area (Å²) in [6.07, 6.45) is 3.87. The third kappa shape index (κ3) is 4.50. The van der Waals surface area contributed by atoms with Gasteiger partial charge < -0.3 is 26.2 Å². The number of benzene rings is 2. The molecule has 216 valence electrons. The summed E-state index contributed by atoms with van der Waals surface area (Å²) in [5.41, 5.74) is 17.4. The highest BCUT2D eigenvalue weighted by atomic mass is 16.5. The number of nitrogens with zero attached hydrogens (tertiary/aromatic N) is 4. The lowest BCUT2D eigenvalue weighted by Gasteiger charge is -2.36. The van der Waals surface area contributed by atoms with Gasteiger partial charge in [-0.1, -0.05) is 31.4 Å². The van der Waals surface area contributed by atoms with Gasteiger partial charge in [-0.3, -0.25) is 4.79 Å². The van der Waals surface area contributed by atoms with Crippen molar-refractivity contribution >= 4 is 11.6 Å². The molecule has 2 aliphatic carbocycles. The predicted molar refractivity (Wildman–Crippen MR) is 158 cm³/mol. The van der Waals surface area contributed by atoms with Crippen LogP contribution in [-0.2, 0) is 25.3 Å². The average Bonchev–Trinajstić information content (AvgIpc) is 3.54. The number of fused-ring (bicyclic) bond motifs is 3. The van der Waals surface area contributed by atoms with Crippen LogP contribution in [0.25, 0.3) is 5.70 Å². The van der Waals surface area contributed by atoms with E-state index in [2.05, 4.69) is 34.4 Å². The van der Waals surface area contributed by atoms with Crippen LogP contribution in [0.4, 0.5) is 0 Å². The molecule has 0 spiro atoms. The van der Waals surface area contributed by atoms with Crippen molar-refractivity contribution in [1.29, 1.82) is 5.26 Å². The van der Waals surface area contributed by atoms with Gasteiger partial charge in [0.1, 0.15) is 6.04 Å². The second-order valence-electron chi connectivity index (χ2n) is 11.7. The van der Waals surface area contributed by atoms with Crippen molar-refractivity contribution < 1.29 is 9.32 Å². The molecule has 3 aromatic rings. The highest BCUT2D eigenvalue weighted by Crippen LogP contribution is 2.49. The maximum absolute atomic E-state index is 12.5. The monoisotopic (exact) mass is 565 g/mol. The summed E-state index contributed by atoms with van der Waals surface area (Å²) in [5, 5.41) is 13.2. The predicted octanol–water partition coefficient (Wildman–Crippen LogP) is 2.31. The van der Waals surface area contributed by atoms with Crippen LogP contribution in [0.3, 0.4) is 0 Å². The molecule has 1 saturated heterocycles. The van der Waals surface area contributed by atoms with Gasteiger partial charge in [-0.15, -0.1) is 0 Å². The fraction of sp³-hybridized carbons (Fsp3) is 0.375. The Balaban J connectivity index is 1.42. The number of hydrogen-bond acceptors (Lipinski definition) is 8. The van der Waals surface area contributed by atoms with Crippen LogP contribution < -0.4 is 22.5 Å². The van der Waals surface area contributed by atoms with E-state index in [1.54, 1.807) is 13.1 Å². The molecule has 2 unspecified atom stereocenters. The summed E-state index contributed by atoms with van der Waals surface area (Å²) in [7, 11) is 1.68. The Bertz CT molecular complexity index is 1650. The minimum absolute atomic E-state index is 0.120. The second kappa shape index (κ2) is 10.3. The molecule has 6 rings (SSSR count). The molecule has 5 N–H and O–H groups in total. The van der Waals surface area contributed by atoms with E-state index >= 15 is 0 Å². The molecule has 0 bridgehead atoms. The number of aryl methyl sites for hydroxylation is 3. The molecule has 2 aromatic carbocycles. The van der Waals surface area contributed by atoms with Crippen molar-refractivity contribution in [2.45, 2.75) is 49.6 Å². The van der Waals surface area contributed by atoms with Crippen molar-refractivity contribution in [2.75, 3.05) is 13.1 Å². The van der Waals surface area contributed by atoms with Crippen LogP contribution in [0, 0.1) is 17.2 Å². The lowest BCUT2D eigenvalue weighted by atomic mass is 9.69. The standard InChI is InChI=1S/C32H35N7O3/c1-18(39-25(16-33)14-24-15-28(24)39)17-36-11-10-32(30-37-31(41)42-38(30)3)26-8-6-20(19(2)34)12-21(26)4-5-22-13-23(29(35)40)7-9-27(22)32/h6-9,12-13,24-25,28,36H,1-2,4-5,10-11,14-15,17,34H2,3H3,(H2,35,40)/t24-,25?,28+,32?/m1/s1. The van der Waals surface area contributed by atoms with E-state index in [0.29, 0.717) is 61.4 Å². The third-order valence-corrected chi connectivity index (χ3v) is 9.17. The quantitative estimate of drug-likeness (QED) is 0.334. The number of rotatable bonds is 9. The highest BCUT2D eigenvalue weighted by molar-refractivity contribution is 5.93. The molecule has 3 aliphatic rings. The molecule has 10 nitrogen and oxygen atoms in total. The van der Waals surface area contributed by atoms with Gasteiger partial charge in [-0.2, -0.15) is 15.0 Å². The van der Waals surface area contributed by atoms with E-state index in [9.17, 15) is 14.9 Å². The summed E-state index contributed by atoms with van der Waals surface area (Å²) in [6.45, 7) is 9.30. The van der Waals surface area contributed by atoms with Gasteiger partial charge in [0.2, 0.25) is 5.91 Å². The Labute approximate surface area is 244 Å². The van der Waals surface area contributed by atoms with Gasteiger partial charge in [0, 0.05) is 36.6 Å². The van der Waals surface area contributed by atoms with Gasteiger partial charge in [0.25, 0.3) is 0 Å². The normalized spacial score (nSPS) is 23.7. The zero-order valence-corrected chi connectivity index (χ0v) is 23.7. The molecular formula is C32H35N7O3. The van der Waals surface area contributed by atoms with Crippen molar-refractivity contribution in [3.05, 3.63) is 105 Å². The first-order valence-electron chi connectivity index (χ1n) is 14.3. The summed E-state index contributed by atoms with van der Waals surface area (Å²) < 4.78 is 6.85. The SMILES string of the molecule is C=C(N)c1ccc2c(c1)CCc1cc(C(N)=O)ccc1C2(CCNCC(=C)N1C(C#N)C[C@@H]2C[C@@H]21)c1nc(=O)on1C. The van der Waals surface area contributed by atoms with Crippen LogP contribution in [0.1, 0.15) is 63.3 Å². The van der Waals surface area contributed by atoms with Gasteiger partial charge in [0.15, 0.2) is 5.82 Å². The van der Waals surface area contributed by atoms with Crippen LogP contribution in [-0.4, -0.2) is 45.7 Å². The van der Waals surface area contributed by atoms with Gasteiger partial charge in [-0.05, 0) is 90.6 Å². The number of primary amides is 1. The molecule has 1 aromatic heterocycles. The van der Waals surface area contributed by atoms with Gasteiger partial charge in [-0.25, -0.2) is 4.79 Å². The number of nitrogens with two attached hydrogens (primary N) is 2. The molecule has 4 atom stereocenters. The Morgan fingerprint density at radius 3 is 2.40 bits per heavy atom. The van der Waals surface area contributed by atoms with Crippen molar-refractivity contribution in [3.63, 3.8) is 0 Å². The summed E-state index contributed by atoms with van der Waals surface area (Å²) in [4.78, 5) is 31.2. The zero-order valence-electron chi connectivity index (χ0n) is 23.7. The minimum Gasteiger partial charge on any atom is -0.399 e. The lowest BCUT2D eigenvalue weighted by Crippen LogP contribution is -2.39. The number of piperidine rings is 1. The van der Waals surface area contributed by atoms with E-state index in [-0.39, 0.29) is 6.04 Å². The fourth-order valence-electron chi connectivity index (χ4n) is 7.15. The first kappa shape index (κ1) is 27.5. The molecule has 2 heterocycles. The Kier molecular flexibility index (Phi) is 6.78. The smallest absolute Gasteiger partial charge is 0.399 e. The molecule has 42 heavy (non-hydrogen) atoms. The van der Waals surface area contributed by atoms with Crippen LogP contribution in [0.2, 0.25) is 0 Å². The maximum atomic E-state index is 12.5. The number of nitrogens with one attached hydrogen (secondary N) is 1. The number of carbonyl (C=O) groups excluding carboxylic acids is 1. The number of amides is 1. The zero-order chi connectivity index (χ0) is 29.8. The van der Waals surface area contributed by atoms with E-state index in [4.69, 9.17) is 16.0 Å². The van der Waals surface area contributed by atoms with Gasteiger partial charge >= 0.3 is 5.76 Å². The Hall–Kier alpha value is -4.62. The number of nitriles is 1. The van der Waals surface area contributed by atoms with Crippen LogP contribution in [0.15, 0.2) is 64.6 Å². The van der Waals surface area contributed by atoms with E-state index in [0.717, 1.165) is 46.4 Å². The summed E-state index contributed by atoms with van der Waals surface area (Å²) >= 11 is 0. The average molecular weight is 566 g/mol. The third-order valence-electron chi connectivity index (χ3n) is 9.17. The molecule has 2 fully saturated rings. The van der Waals surface area contributed by atoms with E-state index in [1.165, 1.54) is 4.74 Å². The minimum atomic E-state index is -0.897. The molecule has 10 heteroatoms. The summed E-state index contributed by atoms with van der Waals surface area (Å²) in [5.74, 6) is -0.122. The molecule has 1 aliphatic heterocycles. The lowest BCUT2D eigenvalue weighted by molar-refractivity contribution is 0.1000. The first-order valence-corrected chi connectivity index (χ1v) is 14.3. The number of likely N-dealkylation sites (tertiary alicyclic amines) is 1. The Morgan fingerprint density at radius 1 is 1.14 bits per heavy atom. The number of aromatic nitrogens is 2. The first-order chi connectivity index (χ1) is 20.1. The molecule has 1 saturated carbocycles. The number of carbonyl (C=O) groups is 1. The second-order valence-corrected chi connectivity index (χ2v) is 11.7. The van der Waals surface area contributed by atoms with Crippen LogP contribution in [0.5, 0.6) is 0 Å².